The second kappa shape index (κ2) is 6.80. The average molecular weight is 216 g/mol. The van der Waals surface area contributed by atoms with Gasteiger partial charge in [0.2, 0.25) is 5.91 Å². The maximum Gasteiger partial charge on any atom is 0.248 e. The molecule has 0 fully saturated rings. The van der Waals surface area contributed by atoms with Gasteiger partial charge in [-0.1, -0.05) is 13.8 Å². The Morgan fingerprint density at radius 2 is 1.87 bits per heavy atom. The molecule has 15 heavy (non-hydrogen) atoms. The smallest absolute Gasteiger partial charge is 0.248 e. The highest BCUT2D eigenvalue weighted by Gasteiger charge is 2.26. The van der Waals surface area contributed by atoms with E-state index in [1.54, 1.807) is 11.9 Å². The normalized spacial score (nSPS) is 11.5. The molecule has 0 rings (SSSR count). The number of likely N-dealkylation sites (N-methyl/N-ethyl adjacent to an activating group) is 1. The van der Waals surface area contributed by atoms with Gasteiger partial charge in [-0.2, -0.15) is 0 Å². The summed E-state index contributed by atoms with van der Waals surface area (Å²) in [5, 5.41) is 0. The summed E-state index contributed by atoms with van der Waals surface area (Å²) in [4.78, 5) is 13.2. The van der Waals surface area contributed by atoms with Crippen LogP contribution in [-0.4, -0.2) is 43.2 Å². The molecule has 0 atom stereocenters. The molecule has 90 valence electrons. The van der Waals surface area contributed by atoms with Gasteiger partial charge in [0.15, 0.2) is 0 Å². The number of ether oxygens (including phenoxy) is 1. The van der Waals surface area contributed by atoms with E-state index in [1.807, 2.05) is 20.8 Å². The van der Waals surface area contributed by atoms with Crippen LogP contribution in [0.3, 0.4) is 0 Å². The molecule has 0 spiro atoms. The molecule has 0 bridgehead atoms. The lowest BCUT2D eigenvalue weighted by atomic mass is 9.97. The van der Waals surface area contributed by atoms with Crippen molar-refractivity contribution in [3.05, 3.63) is 0 Å². The molecule has 0 radical (unpaired) electrons. The van der Waals surface area contributed by atoms with E-state index >= 15 is 0 Å². The molecule has 2 N–H and O–H groups in total. The molecule has 0 unspecified atom stereocenters. The largest absolute Gasteiger partial charge is 0.364 e. The van der Waals surface area contributed by atoms with Crippen molar-refractivity contribution in [2.24, 2.45) is 5.73 Å². The summed E-state index contributed by atoms with van der Waals surface area (Å²) in [6.07, 6.45) is 1.67. The van der Waals surface area contributed by atoms with Crippen LogP contribution in [0.25, 0.3) is 0 Å². The lowest BCUT2D eigenvalue weighted by Crippen LogP contribution is -2.42. The Balaban J connectivity index is 4.16. The summed E-state index contributed by atoms with van der Waals surface area (Å²) in [5.74, 6) is 0.0113. The third-order valence-electron chi connectivity index (χ3n) is 3.06. The summed E-state index contributed by atoms with van der Waals surface area (Å²) < 4.78 is 5.65. The molecule has 0 saturated heterocycles. The first kappa shape index (κ1) is 14.4. The highest BCUT2D eigenvalue weighted by atomic mass is 16.5. The van der Waals surface area contributed by atoms with E-state index in [9.17, 15) is 4.79 Å². The maximum absolute atomic E-state index is 11.5. The van der Waals surface area contributed by atoms with Crippen LogP contribution in [0.15, 0.2) is 0 Å². The number of hydrogen-bond donors (Lipinski definition) is 1. The van der Waals surface area contributed by atoms with Gasteiger partial charge < -0.3 is 15.4 Å². The Labute approximate surface area is 92.8 Å². The van der Waals surface area contributed by atoms with E-state index in [4.69, 9.17) is 10.5 Å². The van der Waals surface area contributed by atoms with E-state index in [-0.39, 0.29) is 18.1 Å². The molecule has 0 aliphatic heterocycles. The van der Waals surface area contributed by atoms with Gasteiger partial charge in [-0.3, -0.25) is 4.79 Å². The second-order valence-electron chi connectivity index (χ2n) is 3.79. The van der Waals surface area contributed by atoms with Crippen LogP contribution < -0.4 is 5.73 Å². The van der Waals surface area contributed by atoms with Crippen molar-refractivity contribution >= 4 is 5.91 Å². The summed E-state index contributed by atoms with van der Waals surface area (Å²) >= 11 is 0. The predicted molar refractivity (Wildman–Crippen MR) is 61.6 cm³/mol. The Morgan fingerprint density at radius 1 is 1.33 bits per heavy atom. The highest BCUT2D eigenvalue weighted by Crippen LogP contribution is 2.18. The van der Waals surface area contributed by atoms with Crippen LogP contribution in [0.5, 0.6) is 0 Å². The van der Waals surface area contributed by atoms with Gasteiger partial charge in [-0.25, -0.2) is 0 Å². The molecule has 4 heteroatoms. The Hall–Kier alpha value is -0.610. The van der Waals surface area contributed by atoms with Crippen LogP contribution in [0.4, 0.5) is 0 Å². The van der Waals surface area contributed by atoms with Gasteiger partial charge in [0.25, 0.3) is 0 Å². The van der Waals surface area contributed by atoms with E-state index in [0.29, 0.717) is 13.1 Å². The van der Waals surface area contributed by atoms with Crippen molar-refractivity contribution in [2.75, 3.05) is 26.7 Å². The van der Waals surface area contributed by atoms with E-state index in [2.05, 4.69) is 0 Å². The molecule has 0 aromatic rings. The minimum Gasteiger partial charge on any atom is -0.364 e. The van der Waals surface area contributed by atoms with Crippen LogP contribution in [0, 0.1) is 0 Å². The zero-order valence-corrected chi connectivity index (χ0v) is 10.4. The molecule has 0 aromatic carbocycles. The number of nitrogens with zero attached hydrogens (tertiary/aromatic N) is 1. The maximum atomic E-state index is 11.5. The van der Waals surface area contributed by atoms with Crippen molar-refractivity contribution in [3.63, 3.8) is 0 Å². The molecule has 0 heterocycles. The summed E-state index contributed by atoms with van der Waals surface area (Å²) in [5.41, 5.74) is 5.34. The number of hydrogen-bond acceptors (Lipinski definition) is 3. The number of amides is 1. The first-order valence-electron chi connectivity index (χ1n) is 5.63. The molecular formula is C11H24N2O2. The summed E-state index contributed by atoms with van der Waals surface area (Å²) in [6.45, 7) is 7.30. The standard InChI is InChI=1S/C11H24N2O2/c1-5-11(6-2,9-12)15-8-10(14)13(4)7-3/h5-9,12H2,1-4H3. The first-order chi connectivity index (χ1) is 7.05. The van der Waals surface area contributed by atoms with Crippen LogP contribution in [0.1, 0.15) is 33.6 Å². The van der Waals surface area contributed by atoms with E-state index < -0.39 is 0 Å². The molecular weight excluding hydrogens is 192 g/mol. The topological polar surface area (TPSA) is 55.6 Å². The fraction of sp³-hybridized carbons (Fsp3) is 0.909. The summed E-state index contributed by atoms with van der Waals surface area (Å²) in [6, 6.07) is 0. The third-order valence-corrected chi connectivity index (χ3v) is 3.06. The van der Waals surface area contributed by atoms with Crippen molar-refractivity contribution in [3.8, 4) is 0 Å². The number of nitrogens with two attached hydrogens (primary N) is 1. The van der Waals surface area contributed by atoms with Crippen molar-refractivity contribution in [2.45, 2.75) is 39.2 Å². The van der Waals surface area contributed by atoms with Gasteiger partial charge in [-0.05, 0) is 19.8 Å². The van der Waals surface area contributed by atoms with Crippen LogP contribution >= 0.6 is 0 Å². The monoisotopic (exact) mass is 216 g/mol. The predicted octanol–water partition coefficient (Wildman–Crippen LogP) is 0.999. The van der Waals surface area contributed by atoms with Crippen molar-refractivity contribution < 1.29 is 9.53 Å². The lowest BCUT2D eigenvalue weighted by Gasteiger charge is -2.30. The van der Waals surface area contributed by atoms with Crippen molar-refractivity contribution in [1.29, 1.82) is 0 Å². The molecule has 4 nitrogen and oxygen atoms in total. The highest BCUT2D eigenvalue weighted by molar-refractivity contribution is 5.77. The number of carbonyl (C=O) groups excluding carboxylic acids is 1. The lowest BCUT2D eigenvalue weighted by molar-refractivity contribution is -0.142. The van der Waals surface area contributed by atoms with Crippen LogP contribution in [0.2, 0.25) is 0 Å². The Bertz CT molecular complexity index is 183. The average Bonchev–Trinajstić information content (AvgIpc) is 2.30. The Morgan fingerprint density at radius 3 is 2.20 bits per heavy atom. The zero-order chi connectivity index (χ0) is 11.9. The van der Waals surface area contributed by atoms with Gasteiger partial charge in [0, 0.05) is 20.1 Å². The molecule has 0 aromatic heterocycles. The van der Waals surface area contributed by atoms with Gasteiger partial charge >= 0.3 is 0 Å². The minimum atomic E-state index is -0.329. The van der Waals surface area contributed by atoms with Crippen LogP contribution in [-0.2, 0) is 9.53 Å². The Kier molecular flexibility index (Phi) is 6.52. The SMILES string of the molecule is CCN(C)C(=O)COC(CC)(CC)CN. The fourth-order valence-corrected chi connectivity index (χ4v) is 1.30. The molecule has 0 saturated carbocycles. The first-order valence-corrected chi connectivity index (χ1v) is 5.63. The van der Waals surface area contributed by atoms with Crippen molar-refractivity contribution in [1.82, 2.24) is 4.90 Å². The minimum absolute atomic E-state index is 0.0113. The molecule has 0 aliphatic rings. The van der Waals surface area contributed by atoms with Gasteiger partial charge in [0.05, 0.1) is 5.60 Å². The number of rotatable bonds is 7. The zero-order valence-electron chi connectivity index (χ0n) is 10.4. The van der Waals surface area contributed by atoms with E-state index in [0.717, 1.165) is 12.8 Å². The van der Waals surface area contributed by atoms with Gasteiger partial charge in [0.1, 0.15) is 6.61 Å². The van der Waals surface area contributed by atoms with E-state index in [1.165, 1.54) is 0 Å². The second-order valence-corrected chi connectivity index (χ2v) is 3.79. The third kappa shape index (κ3) is 4.18. The quantitative estimate of drug-likeness (QED) is 0.690. The number of carbonyl (C=O) groups is 1. The molecule has 0 aliphatic carbocycles. The fourth-order valence-electron chi connectivity index (χ4n) is 1.30. The molecule has 1 amide bonds. The summed E-state index contributed by atoms with van der Waals surface area (Å²) in [7, 11) is 1.77. The van der Waals surface area contributed by atoms with Gasteiger partial charge in [-0.15, -0.1) is 0 Å².